The lowest BCUT2D eigenvalue weighted by molar-refractivity contribution is -0.140. The summed E-state index contributed by atoms with van der Waals surface area (Å²) in [5.74, 6) is -0.364. The van der Waals surface area contributed by atoms with Crippen LogP contribution >= 0.6 is 11.6 Å². The molecule has 0 aliphatic heterocycles. The van der Waals surface area contributed by atoms with Crippen LogP contribution in [0.3, 0.4) is 0 Å². The van der Waals surface area contributed by atoms with Crippen molar-refractivity contribution in [2.24, 2.45) is 0 Å². The lowest BCUT2D eigenvalue weighted by Gasteiger charge is -2.22. The summed E-state index contributed by atoms with van der Waals surface area (Å²) < 4.78 is 9.54. The summed E-state index contributed by atoms with van der Waals surface area (Å²) in [6.45, 7) is 1.03. The van der Waals surface area contributed by atoms with Gasteiger partial charge in [-0.05, 0) is 24.3 Å². The summed E-state index contributed by atoms with van der Waals surface area (Å²) in [5, 5.41) is 3.33. The average molecular weight is 315 g/mol. The highest BCUT2D eigenvalue weighted by Crippen LogP contribution is 2.14. The molecule has 1 aromatic carbocycles. The molecule has 1 N–H and O–H groups in total. The van der Waals surface area contributed by atoms with E-state index in [1.54, 1.807) is 31.4 Å². The third-order valence-electron chi connectivity index (χ3n) is 2.76. The van der Waals surface area contributed by atoms with Crippen LogP contribution in [-0.4, -0.2) is 50.8 Å². The number of rotatable bonds is 7. The fraction of sp³-hybridized carbons (Fsp3) is 0.429. The second-order valence-electron chi connectivity index (χ2n) is 4.24. The number of methoxy groups -OCH3 is 2. The van der Waals surface area contributed by atoms with Crippen molar-refractivity contribution in [1.82, 2.24) is 4.90 Å². The van der Waals surface area contributed by atoms with Crippen LogP contribution < -0.4 is 5.32 Å². The van der Waals surface area contributed by atoms with Gasteiger partial charge < -0.3 is 19.7 Å². The van der Waals surface area contributed by atoms with Crippen LogP contribution in [0.15, 0.2) is 24.3 Å². The topological polar surface area (TPSA) is 67.9 Å². The largest absolute Gasteiger partial charge is 0.469 e. The van der Waals surface area contributed by atoms with Gasteiger partial charge in [-0.1, -0.05) is 11.6 Å². The Bertz CT molecular complexity index is 465. The first kappa shape index (κ1) is 17.3. The fourth-order valence-electron chi connectivity index (χ4n) is 1.58. The maximum Gasteiger partial charge on any atom is 0.321 e. The first-order chi connectivity index (χ1) is 10.1. The van der Waals surface area contributed by atoms with Crippen LogP contribution in [0.1, 0.15) is 6.42 Å². The number of ether oxygens (including phenoxy) is 2. The molecule has 0 aliphatic rings. The van der Waals surface area contributed by atoms with Gasteiger partial charge in [-0.3, -0.25) is 4.79 Å². The molecule has 0 aromatic heterocycles. The number of nitrogens with one attached hydrogen (secondary N) is 1. The zero-order chi connectivity index (χ0) is 15.7. The van der Waals surface area contributed by atoms with Crippen LogP contribution in [0.5, 0.6) is 0 Å². The minimum atomic E-state index is -0.364. The van der Waals surface area contributed by atoms with Gasteiger partial charge in [-0.15, -0.1) is 0 Å². The van der Waals surface area contributed by atoms with Crippen molar-refractivity contribution in [3.8, 4) is 0 Å². The molecule has 1 rings (SSSR count). The van der Waals surface area contributed by atoms with Gasteiger partial charge in [0.15, 0.2) is 0 Å². The molecule has 0 bridgehead atoms. The average Bonchev–Trinajstić information content (AvgIpc) is 2.49. The van der Waals surface area contributed by atoms with Crippen LogP contribution in [0.2, 0.25) is 5.02 Å². The Balaban J connectivity index is 2.60. The lowest BCUT2D eigenvalue weighted by Crippen LogP contribution is -2.38. The smallest absolute Gasteiger partial charge is 0.321 e. The van der Waals surface area contributed by atoms with Crippen LogP contribution in [0.25, 0.3) is 0 Å². The summed E-state index contributed by atoms with van der Waals surface area (Å²) >= 11 is 5.79. The molecule has 0 radical (unpaired) electrons. The van der Waals surface area contributed by atoms with Crippen molar-refractivity contribution in [3.63, 3.8) is 0 Å². The molecule has 2 amide bonds. The zero-order valence-electron chi connectivity index (χ0n) is 12.1. The second kappa shape index (κ2) is 9.20. The van der Waals surface area contributed by atoms with E-state index in [4.69, 9.17) is 16.3 Å². The van der Waals surface area contributed by atoms with Crippen molar-refractivity contribution in [3.05, 3.63) is 29.3 Å². The number of nitrogens with zero attached hydrogens (tertiary/aromatic N) is 1. The van der Waals surface area contributed by atoms with Gasteiger partial charge >= 0.3 is 12.0 Å². The van der Waals surface area contributed by atoms with Gasteiger partial charge in [0.05, 0.1) is 20.1 Å². The standard InChI is InChI=1S/C14H19ClN2O4/c1-20-10-9-17(8-7-13(18)21-2)14(19)16-12-5-3-11(15)4-6-12/h3-6H,7-10H2,1-2H3,(H,16,19). The minimum Gasteiger partial charge on any atom is -0.469 e. The van der Waals surface area contributed by atoms with Gasteiger partial charge in [-0.25, -0.2) is 4.79 Å². The van der Waals surface area contributed by atoms with Crippen molar-refractivity contribution >= 4 is 29.3 Å². The van der Waals surface area contributed by atoms with Crippen molar-refractivity contribution in [2.75, 3.05) is 39.2 Å². The Hall–Kier alpha value is -1.79. The number of amides is 2. The van der Waals surface area contributed by atoms with E-state index in [1.165, 1.54) is 12.0 Å². The van der Waals surface area contributed by atoms with E-state index in [0.717, 1.165) is 0 Å². The quantitative estimate of drug-likeness (QED) is 0.785. The lowest BCUT2D eigenvalue weighted by atomic mass is 10.3. The van der Waals surface area contributed by atoms with E-state index in [0.29, 0.717) is 23.9 Å². The molecule has 0 aliphatic carbocycles. The molecule has 0 heterocycles. The summed E-state index contributed by atoms with van der Waals surface area (Å²) in [7, 11) is 2.87. The number of hydrogen-bond acceptors (Lipinski definition) is 4. The third kappa shape index (κ3) is 6.46. The first-order valence-corrected chi connectivity index (χ1v) is 6.82. The van der Waals surface area contributed by atoms with Crippen LogP contribution in [-0.2, 0) is 14.3 Å². The number of hydrogen-bond donors (Lipinski definition) is 1. The monoisotopic (exact) mass is 314 g/mol. The molecular formula is C14H19ClN2O4. The molecule has 0 saturated heterocycles. The molecule has 0 saturated carbocycles. The molecule has 0 spiro atoms. The zero-order valence-corrected chi connectivity index (χ0v) is 12.9. The van der Waals surface area contributed by atoms with E-state index in [-0.39, 0.29) is 25.0 Å². The summed E-state index contributed by atoms with van der Waals surface area (Å²) in [6.07, 6.45) is 0.133. The van der Waals surface area contributed by atoms with Gasteiger partial charge in [0, 0.05) is 30.9 Å². The normalized spacial score (nSPS) is 10.0. The molecule has 0 atom stereocenters. The molecule has 0 unspecified atom stereocenters. The highest BCUT2D eigenvalue weighted by molar-refractivity contribution is 6.30. The number of carbonyl (C=O) groups is 2. The summed E-state index contributed by atoms with van der Waals surface area (Å²) in [6, 6.07) is 6.47. The van der Waals surface area contributed by atoms with Crippen molar-refractivity contribution in [1.29, 1.82) is 0 Å². The number of benzene rings is 1. The molecule has 7 heteroatoms. The van der Waals surface area contributed by atoms with E-state index in [9.17, 15) is 9.59 Å². The highest BCUT2D eigenvalue weighted by atomic mass is 35.5. The van der Waals surface area contributed by atoms with E-state index in [2.05, 4.69) is 10.1 Å². The maximum absolute atomic E-state index is 12.2. The molecule has 6 nitrogen and oxygen atoms in total. The van der Waals surface area contributed by atoms with Gasteiger partial charge in [-0.2, -0.15) is 0 Å². The van der Waals surface area contributed by atoms with E-state index in [1.807, 2.05) is 0 Å². The second-order valence-corrected chi connectivity index (χ2v) is 4.68. The maximum atomic E-state index is 12.2. The predicted molar refractivity (Wildman–Crippen MR) is 80.6 cm³/mol. The predicted octanol–water partition coefficient (Wildman–Crippen LogP) is 2.38. The Morgan fingerprint density at radius 3 is 2.43 bits per heavy atom. The van der Waals surface area contributed by atoms with Gasteiger partial charge in [0.1, 0.15) is 0 Å². The Kier molecular flexibility index (Phi) is 7.56. The molecule has 1 aromatic rings. The van der Waals surface area contributed by atoms with Gasteiger partial charge in [0.25, 0.3) is 0 Å². The van der Waals surface area contributed by atoms with E-state index < -0.39 is 0 Å². The minimum absolute atomic E-state index is 0.133. The molecule has 0 fully saturated rings. The van der Waals surface area contributed by atoms with Crippen LogP contribution in [0.4, 0.5) is 10.5 Å². The third-order valence-corrected chi connectivity index (χ3v) is 3.01. The SMILES string of the molecule is COCCN(CCC(=O)OC)C(=O)Nc1ccc(Cl)cc1. The fourth-order valence-corrected chi connectivity index (χ4v) is 1.71. The van der Waals surface area contributed by atoms with Crippen molar-refractivity contribution in [2.45, 2.75) is 6.42 Å². The number of carbonyl (C=O) groups excluding carboxylic acids is 2. The number of halogens is 1. The first-order valence-electron chi connectivity index (χ1n) is 6.44. The highest BCUT2D eigenvalue weighted by Gasteiger charge is 2.15. The molecular weight excluding hydrogens is 296 g/mol. The Morgan fingerprint density at radius 2 is 1.86 bits per heavy atom. The summed E-state index contributed by atoms with van der Waals surface area (Å²) in [4.78, 5) is 24.9. The van der Waals surface area contributed by atoms with Gasteiger partial charge in [0.2, 0.25) is 0 Å². The Labute approximate surface area is 129 Å². The number of anilines is 1. The van der Waals surface area contributed by atoms with E-state index >= 15 is 0 Å². The Morgan fingerprint density at radius 1 is 1.19 bits per heavy atom. The van der Waals surface area contributed by atoms with Crippen LogP contribution in [0, 0.1) is 0 Å². The molecule has 116 valence electrons. The van der Waals surface area contributed by atoms with Crippen molar-refractivity contribution < 1.29 is 19.1 Å². The molecule has 21 heavy (non-hydrogen) atoms. The summed E-state index contributed by atoms with van der Waals surface area (Å²) in [5.41, 5.74) is 0.630. The number of urea groups is 1. The number of esters is 1.